The lowest BCUT2D eigenvalue weighted by atomic mass is 10.2. The molecular weight excluding hydrogens is 318 g/mol. The van der Waals surface area contributed by atoms with Crippen LogP contribution in [0.25, 0.3) is 0 Å². The molecule has 0 saturated carbocycles. The van der Waals surface area contributed by atoms with Crippen LogP contribution in [0.5, 0.6) is 5.75 Å². The van der Waals surface area contributed by atoms with E-state index in [1.165, 1.54) is 7.11 Å². The van der Waals surface area contributed by atoms with Crippen molar-refractivity contribution in [3.8, 4) is 5.75 Å². The second-order valence-corrected chi connectivity index (χ2v) is 6.06. The van der Waals surface area contributed by atoms with Gasteiger partial charge in [-0.3, -0.25) is 4.98 Å². The molecule has 0 unspecified atom stereocenters. The second kappa shape index (κ2) is 7.98. The molecule has 0 aliphatic carbocycles. The Bertz CT molecular complexity index is 710. The monoisotopic (exact) mass is 341 g/mol. The number of esters is 1. The van der Waals surface area contributed by atoms with E-state index >= 15 is 0 Å². The molecule has 132 valence electrons. The number of nitrogens with zero attached hydrogens (tertiary/aromatic N) is 3. The van der Waals surface area contributed by atoms with E-state index in [1.807, 2.05) is 6.07 Å². The summed E-state index contributed by atoms with van der Waals surface area (Å²) in [6, 6.07) is 11.0. The third-order valence-corrected chi connectivity index (χ3v) is 4.36. The van der Waals surface area contributed by atoms with Gasteiger partial charge in [-0.25, -0.2) is 4.79 Å². The lowest BCUT2D eigenvalue weighted by molar-refractivity contribution is 0.0600. The molecule has 1 aliphatic rings. The highest BCUT2D eigenvalue weighted by Crippen LogP contribution is 2.22. The number of likely N-dealkylation sites (N-methyl/N-ethyl adjacent to an activating group) is 1. The van der Waals surface area contributed by atoms with Crippen LogP contribution in [0.3, 0.4) is 0 Å². The zero-order valence-corrected chi connectivity index (χ0v) is 14.6. The van der Waals surface area contributed by atoms with Gasteiger partial charge in [-0.2, -0.15) is 0 Å². The van der Waals surface area contributed by atoms with Gasteiger partial charge in [0, 0.05) is 32.4 Å². The summed E-state index contributed by atoms with van der Waals surface area (Å²) >= 11 is 0. The van der Waals surface area contributed by atoms with Crippen molar-refractivity contribution in [1.29, 1.82) is 0 Å². The van der Waals surface area contributed by atoms with Crippen molar-refractivity contribution >= 4 is 11.7 Å². The van der Waals surface area contributed by atoms with Crippen LogP contribution < -0.4 is 9.64 Å². The quantitative estimate of drug-likeness (QED) is 0.777. The number of methoxy groups -OCH3 is 1. The fraction of sp³-hybridized carbons (Fsp3) is 0.368. The van der Waals surface area contributed by atoms with E-state index in [-0.39, 0.29) is 5.97 Å². The molecule has 1 saturated heterocycles. The second-order valence-electron chi connectivity index (χ2n) is 6.06. The zero-order chi connectivity index (χ0) is 17.6. The number of anilines is 1. The van der Waals surface area contributed by atoms with Gasteiger partial charge in [0.25, 0.3) is 0 Å². The Hall–Kier alpha value is -2.60. The highest BCUT2D eigenvalue weighted by molar-refractivity contribution is 5.89. The summed E-state index contributed by atoms with van der Waals surface area (Å²) in [7, 11) is 3.51. The molecule has 6 heteroatoms. The summed E-state index contributed by atoms with van der Waals surface area (Å²) in [6.07, 6.45) is 1.79. The first kappa shape index (κ1) is 17.2. The van der Waals surface area contributed by atoms with Gasteiger partial charge in [0.15, 0.2) is 0 Å². The highest BCUT2D eigenvalue weighted by atomic mass is 16.5. The SMILES string of the molecule is COC(=O)c1ccc(OCc2ncccc2N2CCN(C)CC2)cc1. The zero-order valence-electron chi connectivity index (χ0n) is 14.6. The van der Waals surface area contributed by atoms with Crippen LogP contribution in [0.15, 0.2) is 42.6 Å². The molecule has 2 aromatic rings. The highest BCUT2D eigenvalue weighted by Gasteiger charge is 2.17. The minimum absolute atomic E-state index is 0.353. The Kier molecular flexibility index (Phi) is 5.50. The predicted octanol–water partition coefficient (Wildman–Crippen LogP) is 2.20. The van der Waals surface area contributed by atoms with Gasteiger partial charge in [-0.1, -0.05) is 0 Å². The minimum Gasteiger partial charge on any atom is -0.487 e. The lowest BCUT2D eigenvalue weighted by Gasteiger charge is -2.34. The lowest BCUT2D eigenvalue weighted by Crippen LogP contribution is -2.44. The van der Waals surface area contributed by atoms with Crippen LogP contribution in [0.2, 0.25) is 0 Å². The van der Waals surface area contributed by atoms with Gasteiger partial charge in [0.2, 0.25) is 0 Å². The molecule has 1 aliphatic heterocycles. The first-order valence-electron chi connectivity index (χ1n) is 8.36. The van der Waals surface area contributed by atoms with Crippen molar-refractivity contribution in [3.05, 3.63) is 53.9 Å². The maximum absolute atomic E-state index is 11.5. The molecule has 1 fully saturated rings. The minimum atomic E-state index is -0.353. The molecule has 25 heavy (non-hydrogen) atoms. The van der Waals surface area contributed by atoms with Crippen molar-refractivity contribution < 1.29 is 14.3 Å². The number of carbonyl (C=O) groups is 1. The third kappa shape index (κ3) is 4.28. The molecule has 2 heterocycles. The maximum atomic E-state index is 11.5. The van der Waals surface area contributed by atoms with E-state index in [0.29, 0.717) is 17.9 Å². The van der Waals surface area contributed by atoms with E-state index in [4.69, 9.17) is 9.47 Å². The Morgan fingerprint density at radius 3 is 2.52 bits per heavy atom. The number of benzene rings is 1. The van der Waals surface area contributed by atoms with Gasteiger partial charge < -0.3 is 19.3 Å². The number of hydrogen-bond acceptors (Lipinski definition) is 6. The van der Waals surface area contributed by atoms with Gasteiger partial charge in [-0.05, 0) is 43.4 Å². The van der Waals surface area contributed by atoms with Crippen molar-refractivity contribution in [2.24, 2.45) is 0 Å². The predicted molar refractivity (Wildman–Crippen MR) is 96.1 cm³/mol. The molecule has 0 atom stereocenters. The normalized spacial score (nSPS) is 15.0. The van der Waals surface area contributed by atoms with Crippen molar-refractivity contribution in [2.75, 3.05) is 45.2 Å². The summed E-state index contributed by atoms with van der Waals surface area (Å²) in [6.45, 7) is 4.46. The number of ether oxygens (including phenoxy) is 2. The largest absolute Gasteiger partial charge is 0.487 e. The summed E-state index contributed by atoms with van der Waals surface area (Å²) in [5, 5.41) is 0. The molecule has 0 bridgehead atoms. The van der Waals surface area contributed by atoms with Gasteiger partial charge in [0.05, 0.1) is 18.4 Å². The Morgan fingerprint density at radius 2 is 1.84 bits per heavy atom. The van der Waals surface area contributed by atoms with Crippen LogP contribution in [0.4, 0.5) is 5.69 Å². The molecule has 0 spiro atoms. The van der Waals surface area contributed by atoms with E-state index < -0.39 is 0 Å². The Labute approximate surface area is 148 Å². The Morgan fingerprint density at radius 1 is 1.12 bits per heavy atom. The van der Waals surface area contributed by atoms with E-state index in [2.05, 4.69) is 27.9 Å². The third-order valence-electron chi connectivity index (χ3n) is 4.36. The number of carbonyl (C=O) groups excluding carboxylic acids is 1. The van der Waals surface area contributed by atoms with Gasteiger partial charge in [-0.15, -0.1) is 0 Å². The number of pyridine rings is 1. The van der Waals surface area contributed by atoms with Crippen LogP contribution in [0.1, 0.15) is 16.1 Å². The van der Waals surface area contributed by atoms with E-state index in [9.17, 15) is 4.79 Å². The number of hydrogen-bond donors (Lipinski definition) is 0. The summed E-state index contributed by atoms with van der Waals surface area (Å²) < 4.78 is 10.6. The van der Waals surface area contributed by atoms with E-state index in [0.717, 1.165) is 37.6 Å². The van der Waals surface area contributed by atoms with Crippen molar-refractivity contribution in [3.63, 3.8) is 0 Å². The van der Waals surface area contributed by atoms with Gasteiger partial charge >= 0.3 is 5.97 Å². The average molecular weight is 341 g/mol. The number of rotatable bonds is 5. The topological polar surface area (TPSA) is 54.9 Å². The first-order chi connectivity index (χ1) is 12.2. The van der Waals surface area contributed by atoms with E-state index in [1.54, 1.807) is 30.5 Å². The molecule has 1 aromatic heterocycles. The molecule has 3 rings (SSSR count). The molecule has 1 aromatic carbocycles. The van der Waals surface area contributed by atoms with Gasteiger partial charge in [0.1, 0.15) is 18.1 Å². The Balaban J connectivity index is 1.66. The molecule has 0 amide bonds. The maximum Gasteiger partial charge on any atom is 0.337 e. The number of aromatic nitrogens is 1. The van der Waals surface area contributed by atoms with Crippen LogP contribution in [0, 0.1) is 0 Å². The fourth-order valence-corrected chi connectivity index (χ4v) is 2.83. The molecule has 6 nitrogen and oxygen atoms in total. The summed E-state index contributed by atoms with van der Waals surface area (Å²) in [5.41, 5.74) is 2.55. The first-order valence-corrected chi connectivity index (χ1v) is 8.36. The molecule has 0 radical (unpaired) electrons. The smallest absolute Gasteiger partial charge is 0.337 e. The fourth-order valence-electron chi connectivity index (χ4n) is 2.83. The number of piperazine rings is 1. The molecule has 0 N–H and O–H groups in total. The van der Waals surface area contributed by atoms with Crippen molar-refractivity contribution in [1.82, 2.24) is 9.88 Å². The summed E-state index contributed by atoms with van der Waals surface area (Å²) in [5.74, 6) is 0.344. The van der Waals surface area contributed by atoms with Crippen LogP contribution in [-0.2, 0) is 11.3 Å². The summed E-state index contributed by atoms with van der Waals surface area (Å²) in [4.78, 5) is 20.6. The average Bonchev–Trinajstić information content (AvgIpc) is 2.67. The molecular formula is C19H23N3O3. The van der Waals surface area contributed by atoms with Crippen LogP contribution in [-0.4, -0.2) is 56.2 Å². The van der Waals surface area contributed by atoms with Crippen LogP contribution >= 0.6 is 0 Å². The van der Waals surface area contributed by atoms with Crippen molar-refractivity contribution in [2.45, 2.75) is 6.61 Å². The standard InChI is InChI=1S/C19H23N3O3/c1-21-10-12-22(13-11-21)18-4-3-9-20-17(18)14-25-16-7-5-15(6-8-16)19(23)24-2/h3-9H,10-14H2,1-2H3.